The number of aliphatic imine (C=N–C) groups is 1. The Morgan fingerprint density at radius 3 is 2.53 bits per heavy atom. The molecule has 1 aromatic heterocycles. The molecule has 0 radical (unpaired) electrons. The van der Waals surface area contributed by atoms with Crippen molar-refractivity contribution >= 4 is 57.2 Å². The Bertz CT molecular complexity index is 763. The first kappa shape index (κ1) is 27.1. The van der Waals surface area contributed by atoms with Gasteiger partial charge in [0.2, 0.25) is 15.9 Å². The molecule has 3 N–H and O–H groups in total. The van der Waals surface area contributed by atoms with Gasteiger partial charge >= 0.3 is 0 Å². The lowest BCUT2D eigenvalue weighted by atomic mass is 10.3. The number of thiophene rings is 1. The Balaban J connectivity index is 0.00000450. The molecule has 1 saturated heterocycles. The van der Waals surface area contributed by atoms with E-state index < -0.39 is 10.0 Å². The summed E-state index contributed by atoms with van der Waals surface area (Å²) in [6.07, 6.45) is 0. The fourth-order valence-electron chi connectivity index (χ4n) is 2.94. The van der Waals surface area contributed by atoms with Gasteiger partial charge in [-0.3, -0.25) is 14.7 Å². The van der Waals surface area contributed by atoms with Crippen molar-refractivity contribution in [1.29, 1.82) is 0 Å². The van der Waals surface area contributed by atoms with E-state index in [2.05, 4.69) is 30.1 Å². The number of rotatable bonds is 9. The second-order valence-electron chi connectivity index (χ2n) is 7.05. The van der Waals surface area contributed by atoms with E-state index in [1.54, 1.807) is 17.5 Å². The van der Waals surface area contributed by atoms with Gasteiger partial charge in [0.05, 0.1) is 13.1 Å². The summed E-state index contributed by atoms with van der Waals surface area (Å²) in [5, 5.41) is 7.92. The predicted octanol–water partition coefficient (Wildman–Crippen LogP) is 0.752. The van der Waals surface area contributed by atoms with Crippen molar-refractivity contribution in [2.75, 3.05) is 52.4 Å². The van der Waals surface area contributed by atoms with Gasteiger partial charge in [-0.05, 0) is 32.2 Å². The number of carbonyl (C=O) groups is 1. The number of hydrogen-bond acceptors (Lipinski definition) is 6. The topological polar surface area (TPSA) is 106 Å². The first-order chi connectivity index (χ1) is 13.8. The summed E-state index contributed by atoms with van der Waals surface area (Å²) in [5.41, 5.74) is 0. The largest absolute Gasteiger partial charge is 0.357 e. The van der Waals surface area contributed by atoms with Crippen molar-refractivity contribution in [1.82, 2.24) is 25.2 Å². The molecule has 1 fully saturated rings. The maximum Gasteiger partial charge on any atom is 0.250 e. The number of halogens is 1. The lowest BCUT2D eigenvalue weighted by Crippen LogP contribution is -2.54. The van der Waals surface area contributed by atoms with Crippen LogP contribution in [0.1, 0.15) is 20.8 Å². The number of amides is 1. The summed E-state index contributed by atoms with van der Waals surface area (Å²) in [4.78, 5) is 20.8. The highest BCUT2D eigenvalue weighted by Gasteiger charge is 2.21. The summed E-state index contributed by atoms with van der Waals surface area (Å²) in [6.45, 7) is 10.7. The standard InChI is InChI=1S/C18H32N6O3S2.HI/c1-4-19-18(20-7-8-21-29(26,27)17-6-5-13-28-17)24-11-9-23(10-12-24)14-16(25)22-15(2)3;/h5-6,13,15,21H,4,7-12,14H2,1-3H3,(H,19,20)(H,22,25);1H. The van der Waals surface area contributed by atoms with E-state index in [0.29, 0.717) is 17.3 Å². The zero-order valence-electron chi connectivity index (χ0n) is 17.8. The van der Waals surface area contributed by atoms with Crippen LogP contribution in [0, 0.1) is 0 Å². The Kier molecular flexibility index (Phi) is 12.1. The lowest BCUT2D eigenvalue weighted by molar-refractivity contribution is -0.123. The molecule has 12 heteroatoms. The molecule has 1 aliphatic rings. The van der Waals surface area contributed by atoms with Gasteiger partial charge in [0.1, 0.15) is 4.21 Å². The van der Waals surface area contributed by atoms with E-state index in [1.807, 2.05) is 20.8 Å². The fraction of sp³-hybridized carbons (Fsp3) is 0.667. The van der Waals surface area contributed by atoms with Crippen LogP contribution in [-0.2, 0) is 14.8 Å². The molecular weight excluding hydrogens is 539 g/mol. The number of sulfonamides is 1. The Morgan fingerprint density at radius 1 is 1.27 bits per heavy atom. The fourth-order valence-corrected chi connectivity index (χ4v) is 5.00. The molecule has 172 valence electrons. The van der Waals surface area contributed by atoms with E-state index in [0.717, 1.165) is 38.7 Å². The van der Waals surface area contributed by atoms with Crippen molar-refractivity contribution in [3.05, 3.63) is 17.5 Å². The van der Waals surface area contributed by atoms with Crippen molar-refractivity contribution in [3.63, 3.8) is 0 Å². The van der Waals surface area contributed by atoms with Crippen molar-refractivity contribution < 1.29 is 13.2 Å². The third kappa shape index (κ3) is 9.04. The van der Waals surface area contributed by atoms with Crippen LogP contribution in [-0.4, -0.2) is 88.5 Å². The predicted molar refractivity (Wildman–Crippen MR) is 132 cm³/mol. The summed E-state index contributed by atoms with van der Waals surface area (Å²) in [6, 6.07) is 3.45. The number of nitrogens with zero attached hydrogens (tertiary/aromatic N) is 3. The first-order valence-corrected chi connectivity index (χ1v) is 12.3. The number of hydrogen-bond donors (Lipinski definition) is 3. The first-order valence-electron chi connectivity index (χ1n) is 9.90. The molecule has 1 aliphatic heterocycles. The smallest absolute Gasteiger partial charge is 0.250 e. The average Bonchev–Trinajstić information content (AvgIpc) is 3.20. The molecule has 0 saturated carbocycles. The average molecular weight is 573 g/mol. The van der Waals surface area contributed by atoms with Gasteiger partial charge in [-0.25, -0.2) is 13.1 Å². The van der Waals surface area contributed by atoms with Crippen LogP contribution in [0.15, 0.2) is 26.7 Å². The van der Waals surface area contributed by atoms with Crippen LogP contribution in [0.3, 0.4) is 0 Å². The molecule has 30 heavy (non-hydrogen) atoms. The van der Waals surface area contributed by atoms with Crippen LogP contribution >= 0.6 is 35.3 Å². The molecule has 1 aromatic rings. The number of carbonyl (C=O) groups excluding carboxylic acids is 1. The highest BCUT2D eigenvalue weighted by Crippen LogP contribution is 2.14. The van der Waals surface area contributed by atoms with Crippen LogP contribution in [0.4, 0.5) is 0 Å². The van der Waals surface area contributed by atoms with Gasteiger partial charge in [0.25, 0.3) is 0 Å². The summed E-state index contributed by atoms with van der Waals surface area (Å²) < 4.78 is 27.2. The van der Waals surface area contributed by atoms with Crippen molar-refractivity contribution in [3.8, 4) is 0 Å². The van der Waals surface area contributed by atoms with E-state index in [-0.39, 0.29) is 42.5 Å². The molecule has 0 unspecified atom stereocenters. The maximum absolute atomic E-state index is 12.1. The molecule has 0 aromatic carbocycles. The zero-order valence-corrected chi connectivity index (χ0v) is 21.7. The minimum absolute atomic E-state index is 0. The van der Waals surface area contributed by atoms with E-state index in [4.69, 9.17) is 0 Å². The third-order valence-corrected chi connectivity index (χ3v) is 7.11. The highest BCUT2D eigenvalue weighted by molar-refractivity contribution is 14.0. The molecular formula is C18H33IN6O3S2. The third-order valence-electron chi connectivity index (χ3n) is 4.25. The van der Waals surface area contributed by atoms with Gasteiger partial charge in [-0.2, -0.15) is 0 Å². The molecule has 2 heterocycles. The number of piperazine rings is 1. The maximum atomic E-state index is 12.1. The minimum atomic E-state index is -3.46. The summed E-state index contributed by atoms with van der Waals surface area (Å²) >= 11 is 1.19. The lowest BCUT2D eigenvalue weighted by Gasteiger charge is -2.36. The second-order valence-corrected chi connectivity index (χ2v) is 9.99. The van der Waals surface area contributed by atoms with Gasteiger partial charge < -0.3 is 15.5 Å². The van der Waals surface area contributed by atoms with Gasteiger partial charge in [0, 0.05) is 45.3 Å². The molecule has 0 spiro atoms. The SMILES string of the molecule is CCNC(=NCCNS(=O)(=O)c1cccs1)N1CCN(CC(=O)NC(C)C)CC1.I. The van der Waals surface area contributed by atoms with Crippen LogP contribution in [0.25, 0.3) is 0 Å². The molecule has 0 bridgehead atoms. The van der Waals surface area contributed by atoms with Gasteiger partial charge in [-0.15, -0.1) is 35.3 Å². The van der Waals surface area contributed by atoms with Gasteiger partial charge in [0.15, 0.2) is 5.96 Å². The minimum Gasteiger partial charge on any atom is -0.357 e. The Labute approximate surface area is 200 Å². The normalized spacial score (nSPS) is 15.7. The summed E-state index contributed by atoms with van der Waals surface area (Å²) in [5.74, 6) is 0.821. The van der Waals surface area contributed by atoms with Crippen molar-refractivity contribution in [2.45, 2.75) is 31.0 Å². The second kappa shape index (κ2) is 13.5. The van der Waals surface area contributed by atoms with Gasteiger partial charge in [-0.1, -0.05) is 6.07 Å². The highest BCUT2D eigenvalue weighted by atomic mass is 127. The number of nitrogens with one attached hydrogen (secondary N) is 3. The van der Waals surface area contributed by atoms with Crippen LogP contribution in [0.2, 0.25) is 0 Å². The molecule has 1 amide bonds. The zero-order chi connectivity index (χ0) is 21.3. The Hall–Kier alpha value is -0.960. The van der Waals surface area contributed by atoms with Crippen molar-refractivity contribution in [2.24, 2.45) is 4.99 Å². The van der Waals surface area contributed by atoms with Crippen LogP contribution < -0.4 is 15.4 Å². The monoisotopic (exact) mass is 572 g/mol. The molecule has 2 rings (SSSR count). The van der Waals surface area contributed by atoms with E-state index in [1.165, 1.54) is 11.3 Å². The van der Waals surface area contributed by atoms with E-state index >= 15 is 0 Å². The van der Waals surface area contributed by atoms with E-state index in [9.17, 15) is 13.2 Å². The molecule has 0 aliphatic carbocycles. The molecule has 0 atom stereocenters. The quantitative estimate of drug-likeness (QED) is 0.175. The summed E-state index contributed by atoms with van der Waals surface area (Å²) in [7, 11) is -3.46. The number of guanidine groups is 1. The van der Waals surface area contributed by atoms with Crippen LogP contribution in [0.5, 0.6) is 0 Å². The Morgan fingerprint density at radius 2 is 1.97 bits per heavy atom. The molecule has 9 nitrogen and oxygen atoms in total.